The average molecular weight is 375 g/mol. The van der Waals surface area contributed by atoms with Crippen LogP contribution in [0.3, 0.4) is 0 Å². The third-order valence-electron chi connectivity index (χ3n) is 4.87. The van der Waals surface area contributed by atoms with Crippen molar-refractivity contribution >= 4 is 17.8 Å². The first-order valence-corrected chi connectivity index (χ1v) is 9.42. The highest BCUT2D eigenvalue weighted by Crippen LogP contribution is 2.37. The molecule has 0 radical (unpaired) electrons. The molecule has 0 bridgehead atoms. The second-order valence-electron chi connectivity index (χ2n) is 6.95. The summed E-state index contributed by atoms with van der Waals surface area (Å²) in [6, 6.07) is 1.59. The van der Waals surface area contributed by atoms with E-state index in [0.29, 0.717) is 34.6 Å². The molecule has 0 saturated carbocycles. The van der Waals surface area contributed by atoms with E-state index in [0.717, 1.165) is 12.8 Å². The maximum Gasteiger partial charge on any atom is 0.346 e. The van der Waals surface area contributed by atoms with Gasteiger partial charge in [-0.1, -0.05) is 32.6 Å². The second-order valence-corrected chi connectivity index (χ2v) is 6.95. The van der Waals surface area contributed by atoms with Gasteiger partial charge in [-0.15, -0.1) is 0 Å². The standard InChI is InChI=1S/C20H25NO6/c1-3-4-5-6-7-8-25-12-26-15-9-13-10-16(22)27-20(24)17(13)14-11-21(2)19(23)18(14)15/h9H,3-8,10-12H2,1-2H3. The van der Waals surface area contributed by atoms with Gasteiger partial charge in [0.1, 0.15) is 5.75 Å². The first kappa shape index (κ1) is 19.4. The molecular weight excluding hydrogens is 350 g/mol. The Morgan fingerprint density at radius 2 is 1.89 bits per heavy atom. The van der Waals surface area contributed by atoms with Crippen molar-refractivity contribution in [2.45, 2.75) is 52.0 Å². The molecule has 146 valence electrons. The van der Waals surface area contributed by atoms with E-state index in [1.807, 2.05) is 0 Å². The number of ether oxygens (including phenoxy) is 3. The zero-order valence-electron chi connectivity index (χ0n) is 15.8. The molecule has 0 unspecified atom stereocenters. The lowest BCUT2D eigenvalue weighted by atomic mass is 9.93. The van der Waals surface area contributed by atoms with Crippen LogP contribution in [-0.4, -0.2) is 43.2 Å². The van der Waals surface area contributed by atoms with Gasteiger partial charge in [0.25, 0.3) is 5.91 Å². The van der Waals surface area contributed by atoms with Crippen LogP contribution in [0.5, 0.6) is 5.75 Å². The largest absolute Gasteiger partial charge is 0.467 e. The molecule has 1 amide bonds. The Morgan fingerprint density at radius 3 is 2.67 bits per heavy atom. The summed E-state index contributed by atoms with van der Waals surface area (Å²) in [5, 5.41) is 0. The minimum atomic E-state index is -0.699. The molecule has 0 N–H and O–H groups in total. The first-order chi connectivity index (χ1) is 13.0. The molecule has 0 aliphatic carbocycles. The van der Waals surface area contributed by atoms with Gasteiger partial charge in [0.2, 0.25) is 0 Å². The third kappa shape index (κ3) is 4.13. The number of amides is 1. The predicted molar refractivity (Wildman–Crippen MR) is 96.6 cm³/mol. The molecule has 7 nitrogen and oxygen atoms in total. The van der Waals surface area contributed by atoms with Crippen LogP contribution in [0.15, 0.2) is 6.07 Å². The number of unbranched alkanes of at least 4 members (excludes halogenated alkanes) is 4. The zero-order chi connectivity index (χ0) is 19.4. The highest BCUT2D eigenvalue weighted by Gasteiger charge is 2.38. The van der Waals surface area contributed by atoms with Crippen LogP contribution >= 0.6 is 0 Å². The summed E-state index contributed by atoms with van der Waals surface area (Å²) in [5.74, 6) is -1.16. The molecule has 0 atom stereocenters. The molecule has 2 aliphatic rings. The number of esters is 2. The van der Waals surface area contributed by atoms with Crippen molar-refractivity contribution in [3.8, 4) is 5.75 Å². The Kier molecular flexibility index (Phi) is 6.11. The van der Waals surface area contributed by atoms with Crippen LogP contribution in [0.1, 0.15) is 70.9 Å². The summed E-state index contributed by atoms with van der Waals surface area (Å²) in [6.07, 6.45) is 5.70. The molecular formula is C20H25NO6. The molecule has 27 heavy (non-hydrogen) atoms. The van der Waals surface area contributed by atoms with E-state index in [-0.39, 0.29) is 25.7 Å². The Balaban J connectivity index is 1.70. The van der Waals surface area contributed by atoms with Gasteiger partial charge in [-0.25, -0.2) is 4.79 Å². The lowest BCUT2D eigenvalue weighted by Gasteiger charge is -2.19. The van der Waals surface area contributed by atoms with Crippen molar-refractivity contribution in [2.75, 3.05) is 20.4 Å². The molecule has 2 heterocycles. The Hall–Kier alpha value is -2.41. The number of cyclic esters (lactones) is 2. The minimum Gasteiger partial charge on any atom is -0.467 e. The Labute approximate surface area is 158 Å². The number of carbonyl (C=O) groups excluding carboxylic acids is 3. The van der Waals surface area contributed by atoms with E-state index < -0.39 is 11.9 Å². The maximum absolute atomic E-state index is 12.5. The van der Waals surface area contributed by atoms with E-state index >= 15 is 0 Å². The van der Waals surface area contributed by atoms with E-state index in [1.165, 1.54) is 24.2 Å². The van der Waals surface area contributed by atoms with Crippen LogP contribution in [0.2, 0.25) is 0 Å². The molecule has 3 rings (SSSR count). The third-order valence-corrected chi connectivity index (χ3v) is 4.87. The lowest BCUT2D eigenvalue weighted by Crippen LogP contribution is -2.25. The van der Waals surface area contributed by atoms with E-state index in [9.17, 15) is 14.4 Å². The van der Waals surface area contributed by atoms with Crippen LogP contribution in [0.25, 0.3) is 0 Å². The molecule has 1 aromatic carbocycles. The monoisotopic (exact) mass is 375 g/mol. The smallest absolute Gasteiger partial charge is 0.346 e. The lowest BCUT2D eigenvalue weighted by molar-refractivity contribution is -0.137. The van der Waals surface area contributed by atoms with Crippen molar-refractivity contribution in [1.82, 2.24) is 4.90 Å². The van der Waals surface area contributed by atoms with Crippen molar-refractivity contribution in [1.29, 1.82) is 0 Å². The summed E-state index contributed by atoms with van der Waals surface area (Å²) in [5.41, 5.74) is 1.76. The van der Waals surface area contributed by atoms with Gasteiger partial charge in [-0.05, 0) is 18.1 Å². The van der Waals surface area contributed by atoms with Gasteiger partial charge in [0.15, 0.2) is 6.79 Å². The predicted octanol–water partition coefficient (Wildman–Crippen LogP) is 2.84. The fourth-order valence-electron chi connectivity index (χ4n) is 3.49. The van der Waals surface area contributed by atoms with Crippen LogP contribution in [-0.2, 0) is 27.2 Å². The molecule has 0 spiro atoms. The second kappa shape index (κ2) is 8.52. The van der Waals surface area contributed by atoms with Gasteiger partial charge in [0.05, 0.1) is 24.2 Å². The quantitative estimate of drug-likeness (QED) is 0.286. The first-order valence-electron chi connectivity index (χ1n) is 9.42. The highest BCUT2D eigenvalue weighted by molar-refractivity contribution is 6.09. The number of benzene rings is 1. The van der Waals surface area contributed by atoms with E-state index in [2.05, 4.69) is 6.92 Å². The van der Waals surface area contributed by atoms with Crippen LogP contribution < -0.4 is 4.74 Å². The van der Waals surface area contributed by atoms with Gasteiger partial charge in [-0.2, -0.15) is 0 Å². The zero-order valence-corrected chi connectivity index (χ0v) is 15.8. The van der Waals surface area contributed by atoms with Crippen molar-refractivity contribution in [2.24, 2.45) is 0 Å². The Morgan fingerprint density at radius 1 is 1.11 bits per heavy atom. The van der Waals surface area contributed by atoms with Gasteiger partial charge >= 0.3 is 11.9 Å². The Bertz CT molecular complexity index is 757. The number of rotatable bonds is 9. The minimum absolute atomic E-state index is 0.0130. The molecule has 0 fully saturated rings. The van der Waals surface area contributed by atoms with E-state index in [4.69, 9.17) is 14.2 Å². The number of hydrogen-bond acceptors (Lipinski definition) is 6. The molecule has 2 aliphatic heterocycles. The average Bonchev–Trinajstić information content (AvgIpc) is 2.91. The van der Waals surface area contributed by atoms with Crippen molar-refractivity contribution < 1.29 is 28.6 Å². The number of hydrogen-bond donors (Lipinski definition) is 0. The fourth-order valence-corrected chi connectivity index (χ4v) is 3.49. The molecule has 0 aromatic heterocycles. The van der Waals surface area contributed by atoms with E-state index in [1.54, 1.807) is 13.1 Å². The molecule has 0 saturated heterocycles. The molecule has 7 heteroatoms. The number of nitrogens with zero attached hydrogens (tertiary/aromatic N) is 1. The number of carbonyl (C=O) groups is 3. The number of fused-ring (bicyclic) bond motifs is 3. The van der Waals surface area contributed by atoms with Gasteiger partial charge < -0.3 is 19.1 Å². The molecule has 1 aromatic rings. The topological polar surface area (TPSA) is 82.1 Å². The summed E-state index contributed by atoms with van der Waals surface area (Å²) in [4.78, 5) is 37.8. The van der Waals surface area contributed by atoms with Crippen molar-refractivity contribution in [3.05, 3.63) is 28.3 Å². The normalized spacial score (nSPS) is 15.6. The summed E-state index contributed by atoms with van der Waals surface area (Å²) >= 11 is 0. The maximum atomic E-state index is 12.5. The van der Waals surface area contributed by atoms with Gasteiger partial charge in [0, 0.05) is 19.2 Å². The van der Waals surface area contributed by atoms with Crippen LogP contribution in [0, 0.1) is 0 Å². The van der Waals surface area contributed by atoms with Crippen molar-refractivity contribution in [3.63, 3.8) is 0 Å². The SMILES string of the molecule is CCCCCCCOCOc1cc2c(c3c1C(=O)N(C)C3)C(=O)OC(=O)C2. The summed E-state index contributed by atoms with van der Waals surface area (Å²) in [6.45, 7) is 3.08. The van der Waals surface area contributed by atoms with Crippen LogP contribution in [0.4, 0.5) is 0 Å². The van der Waals surface area contributed by atoms with Gasteiger partial charge in [-0.3, -0.25) is 9.59 Å². The summed E-state index contributed by atoms with van der Waals surface area (Å²) < 4.78 is 15.9. The highest BCUT2D eigenvalue weighted by atomic mass is 16.7. The fraction of sp³-hybridized carbons (Fsp3) is 0.550. The summed E-state index contributed by atoms with van der Waals surface area (Å²) in [7, 11) is 1.66.